The molecule has 1 rings (SSSR count). The van der Waals surface area contributed by atoms with Crippen LogP contribution in [0.1, 0.15) is 6.92 Å². The Morgan fingerprint density at radius 3 is 2.47 bits per heavy atom. The first-order valence-electron chi connectivity index (χ1n) is 4.92. The molecule has 4 N–H and O–H groups in total. The van der Waals surface area contributed by atoms with Crippen LogP contribution in [-0.4, -0.2) is 37.2 Å². The first-order chi connectivity index (χ1) is 7.94. The normalized spacial score (nSPS) is 11.2. The van der Waals surface area contributed by atoms with E-state index in [0.29, 0.717) is 16.1 Å². The highest BCUT2D eigenvalue weighted by atomic mass is 79.9. The van der Waals surface area contributed by atoms with Crippen LogP contribution in [0.3, 0.4) is 0 Å². The van der Waals surface area contributed by atoms with Gasteiger partial charge < -0.3 is 10.6 Å². The van der Waals surface area contributed by atoms with Crippen LogP contribution in [0.25, 0.3) is 0 Å². The lowest BCUT2D eigenvalue weighted by Gasteiger charge is -2.10. The molecule has 0 aliphatic carbocycles. The smallest absolute Gasteiger partial charge is 0.210 e. The summed E-state index contributed by atoms with van der Waals surface area (Å²) < 4.78 is 22.2. The largest absolute Gasteiger partial charge is 0.369 e. The summed E-state index contributed by atoms with van der Waals surface area (Å²) in [5, 5.41) is 10.8. The first-order valence-corrected chi connectivity index (χ1v) is 7.43. The molecule has 0 aromatic carbocycles. The molecule has 0 amide bonds. The molecule has 17 heavy (non-hydrogen) atoms. The van der Waals surface area contributed by atoms with Gasteiger partial charge in [-0.1, -0.05) is 0 Å². The van der Waals surface area contributed by atoms with E-state index in [-0.39, 0.29) is 12.3 Å². The van der Waals surface area contributed by atoms with E-state index in [4.69, 9.17) is 5.14 Å². The van der Waals surface area contributed by atoms with Gasteiger partial charge in [-0.15, -0.1) is 0 Å². The van der Waals surface area contributed by atoms with Crippen LogP contribution in [0.15, 0.2) is 10.8 Å². The molecule has 0 spiro atoms. The van der Waals surface area contributed by atoms with Crippen molar-refractivity contribution in [1.82, 2.24) is 9.97 Å². The highest BCUT2D eigenvalue weighted by molar-refractivity contribution is 9.10. The van der Waals surface area contributed by atoms with E-state index in [1.807, 2.05) is 6.92 Å². The summed E-state index contributed by atoms with van der Waals surface area (Å²) in [6.07, 6.45) is 1.39. The quantitative estimate of drug-likeness (QED) is 0.697. The molecular weight excluding hydrogens is 310 g/mol. The Bertz CT molecular complexity index is 479. The van der Waals surface area contributed by atoms with Crippen molar-refractivity contribution in [3.63, 3.8) is 0 Å². The van der Waals surface area contributed by atoms with Crippen molar-refractivity contribution >= 4 is 37.6 Å². The van der Waals surface area contributed by atoms with E-state index in [1.165, 1.54) is 6.33 Å². The van der Waals surface area contributed by atoms with E-state index in [0.717, 1.165) is 6.54 Å². The second kappa shape index (κ2) is 6.12. The van der Waals surface area contributed by atoms with Crippen molar-refractivity contribution in [3.8, 4) is 0 Å². The highest BCUT2D eigenvalue weighted by Gasteiger charge is 2.08. The summed E-state index contributed by atoms with van der Waals surface area (Å²) in [6, 6.07) is 0. The fourth-order valence-electron chi connectivity index (χ4n) is 1.10. The molecule has 0 saturated heterocycles. The fourth-order valence-corrected chi connectivity index (χ4v) is 1.97. The van der Waals surface area contributed by atoms with E-state index in [1.54, 1.807) is 0 Å². The van der Waals surface area contributed by atoms with Crippen molar-refractivity contribution in [1.29, 1.82) is 0 Å². The second-order valence-electron chi connectivity index (χ2n) is 3.21. The lowest BCUT2D eigenvalue weighted by Crippen LogP contribution is -2.22. The van der Waals surface area contributed by atoms with Crippen LogP contribution >= 0.6 is 15.9 Å². The predicted molar refractivity (Wildman–Crippen MR) is 70.4 cm³/mol. The number of hydrogen-bond donors (Lipinski definition) is 3. The summed E-state index contributed by atoms with van der Waals surface area (Å²) in [5.74, 6) is 1.03. The zero-order valence-corrected chi connectivity index (χ0v) is 11.7. The van der Waals surface area contributed by atoms with Gasteiger partial charge in [0.1, 0.15) is 22.4 Å². The number of nitrogens with two attached hydrogens (primary N) is 1. The highest BCUT2D eigenvalue weighted by Crippen LogP contribution is 2.25. The molecule has 1 aromatic rings. The van der Waals surface area contributed by atoms with Crippen molar-refractivity contribution < 1.29 is 8.42 Å². The Labute approximate surface area is 108 Å². The molecule has 7 nitrogen and oxygen atoms in total. The molecule has 1 heterocycles. The van der Waals surface area contributed by atoms with Gasteiger partial charge >= 0.3 is 0 Å². The molecule has 0 aliphatic heterocycles. The van der Waals surface area contributed by atoms with E-state index >= 15 is 0 Å². The zero-order chi connectivity index (χ0) is 12.9. The van der Waals surface area contributed by atoms with Crippen LogP contribution < -0.4 is 15.8 Å². The summed E-state index contributed by atoms with van der Waals surface area (Å²) in [7, 11) is -3.46. The summed E-state index contributed by atoms with van der Waals surface area (Å²) >= 11 is 3.33. The fraction of sp³-hybridized carbons (Fsp3) is 0.500. The van der Waals surface area contributed by atoms with Crippen LogP contribution in [0.2, 0.25) is 0 Å². The Hall–Kier alpha value is -0.930. The van der Waals surface area contributed by atoms with Crippen LogP contribution in [0.4, 0.5) is 11.6 Å². The van der Waals surface area contributed by atoms with Gasteiger partial charge in [0.05, 0.1) is 5.75 Å². The van der Waals surface area contributed by atoms with Gasteiger partial charge in [0.2, 0.25) is 10.0 Å². The minimum Gasteiger partial charge on any atom is -0.369 e. The predicted octanol–water partition coefficient (Wildman–Crippen LogP) is 0.371. The molecule has 0 aliphatic rings. The van der Waals surface area contributed by atoms with Gasteiger partial charge in [-0.3, -0.25) is 0 Å². The minimum absolute atomic E-state index is 0.153. The number of hydrogen-bond acceptors (Lipinski definition) is 6. The molecular formula is C8H14BrN5O2S. The number of halogens is 1. The van der Waals surface area contributed by atoms with Gasteiger partial charge in [-0.05, 0) is 22.9 Å². The van der Waals surface area contributed by atoms with Crippen LogP contribution in [0, 0.1) is 0 Å². The number of sulfonamides is 1. The number of nitrogens with zero attached hydrogens (tertiary/aromatic N) is 2. The average molecular weight is 324 g/mol. The Kier molecular flexibility index (Phi) is 5.09. The Morgan fingerprint density at radius 2 is 1.94 bits per heavy atom. The van der Waals surface area contributed by atoms with E-state index in [2.05, 4.69) is 36.5 Å². The van der Waals surface area contributed by atoms with E-state index in [9.17, 15) is 8.42 Å². The zero-order valence-electron chi connectivity index (χ0n) is 9.27. The van der Waals surface area contributed by atoms with Crippen molar-refractivity contribution in [2.75, 3.05) is 29.5 Å². The molecule has 96 valence electrons. The summed E-state index contributed by atoms with van der Waals surface area (Å²) in [6.45, 7) is 2.87. The van der Waals surface area contributed by atoms with Gasteiger partial charge in [0, 0.05) is 13.1 Å². The molecule has 0 atom stereocenters. The average Bonchev–Trinajstić information content (AvgIpc) is 2.22. The monoisotopic (exact) mass is 323 g/mol. The number of primary sulfonamides is 1. The summed E-state index contributed by atoms with van der Waals surface area (Å²) in [5.41, 5.74) is 0. The number of nitrogens with one attached hydrogen (secondary N) is 2. The minimum atomic E-state index is -3.46. The lowest BCUT2D eigenvalue weighted by atomic mass is 10.5. The number of rotatable bonds is 6. The lowest BCUT2D eigenvalue weighted by molar-refractivity contribution is 0.598. The molecule has 1 aromatic heterocycles. The van der Waals surface area contributed by atoms with Crippen LogP contribution in [0.5, 0.6) is 0 Å². The Morgan fingerprint density at radius 1 is 1.35 bits per heavy atom. The second-order valence-corrected chi connectivity index (χ2v) is 5.74. The molecule has 0 bridgehead atoms. The first kappa shape index (κ1) is 14.1. The summed E-state index contributed by atoms with van der Waals surface area (Å²) in [4.78, 5) is 8.03. The number of aromatic nitrogens is 2. The maximum Gasteiger partial charge on any atom is 0.210 e. The van der Waals surface area contributed by atoms with Gasteiger partial charge in [0.15, 0.2) is 0 Å². The van der Waals surface area contributed by atoms with Gasteiger partial charge in [0.25, 0.3) is 0 Å². The molecule has 0 unspecified atom stereocenters. The molecule has 9 heteroatoms. The molecule has 0 radical (unpaired) electrons. The van der Waals surface area contributed by atoms with E-state index < -0.39 is 10.0 Å². The SMILES string of the molecule is CCNc1ncnc(NCCS(N)(=O)=O)c1Br. The topological polar surface area (TPSA) is 110 Å². The molecule has 0 fully saturated rings. The molecule has 0 saturated carbocycles. The van der Waals surface area contributed by atoms with Crippen molar-refractivity contribution in [2.24, 2.45) is 5.14 Å². The third-order valence-electron chi connectivity index (χ3n) is 1.81. The number of anilines is 2. The van der Waals surface area contributed by atoms with Crippen molar-refractivity contribution in [3.05, 3.63) is 10.8 Å². The standard InChI is InChI=1S/C8H14BrN5O2S/c1-2-11-7-6(9)8(14-5-13-7)12-3-4-17(10,15)16/h5H,2-4H2,1H3,(H2,10,15,16)(H2,11,12,13,14). The maximum atomic E-state index is 10.8. The van der Waals surface area contributed by atoms with Crippen LogP contribution in [-0.2, 0) is 10.0 Å². The van der Waals surface area contributed by atoms with Crippen molar-refractivity contribution in [2.45, 2.75) is 6.92 Å². The Balaban J connectivity index is 2.68. The van der Waals surface area contributed by atoms with Gasteiger partial charge in [-0.25, -0.2) is 23.5 Å². The third kappa shape index (κ3) is 4.84. The third-order valence-corrected chi connectivity index (χ3v) is 3.34. The van der Waals surface area contributed by atoms with Gasteiger partial charge in [-0.2, -0.15) is 0 Å². The maximum absolute atomic E-state index is 10.8.